The number of pyridine rings is 1. The van der Waals surface area contributed by atoms with Gasteiger partial charge in [-0.25, -0.2) is 18.2 Å². The summed E-state index contributed by atoms with van der Waals surface area (Å²) in [7, 11) is 0. The van der Waals surface area contributed by atoms with Crippen LogP contribution in [0.15, 0.2) is 6.07 Å². The highest BCUT2D eigenvalue weighted by molar-refractivity contribution is 9.08. The number of carbonyl (C=O) groups excluding carboxylic acids is 1. The number of alkyl halides is 3. The van der Waals surface area contributed by atoms with E-state index in [1.165, 1.54) is 0 Å². The number of aldehydes is 1. The van der Waals surface area contributed by atoms with Gasteiger partial charge in [0.2, 0.25) is 0 Å². The molecule has 1 rings (SSSR count). The van der Waals surface area contributed by atoms with Crippen molar-refractivity contribution in [2.24, 2.45) is 0 Å². The largest absolute Gasteiger partial charge is 0.296 e. The third kappa shape index (κ3) is 2.12. The quantitative estimate of drug-likeness (QED) is 0.623. The molecule has 14 heavy (non-hydrogen) atoms. The van der Waals surface area contributed by atoms with Gasteiger partial charge in [-0.15, -0.1) is 0 Å². The molecule has 0 N–H and O–H groups in total. The lowest BCUT2D eigenvalue weighted by atomic mass is 10.2. The van der Waals surface area contributed by atoms with Gasteiger partial charge < -0.3 is 0 Å². The number of aromatic nitrogens is 1. The van der Waals surface area contributed by atoms with Gasteiger partial charge in [-0.3, -0.25) is 4.79 Å². The summed E-state index contributed by atoms with van der Waals surface area (Å²) in [4.78, 5) is 13.8. The minimum Gasteiger partial charge on any atom is -0.296 e. The van der Waals surface area contributed by atoms with Gasteiger partial charge in [0, 0.05) is 11.4 Å². The highest BCUT2D eigenvalue weighted by atomic mass is 79.9. The summed E-state index contributed by atoms with van der Waals surface area (Å²) in [6.07, 6.45) is -2.62. The normalized spacial score (nSPS) is 10.6. The minimum absolute atomic E-state index is 0.0225. The Labute approximate surface area is 86.3 Å². The fourth-order valence-electron chi connectivity index (χ4n) is 0.986. The Kier molecular flexibility index (Phi) is 3.62. The number of hydrogen-bond donors (Lipinski definition) is 0. The molecule has 0 amide bonds. The number of carbonyl (C=O) groups is 1. The lowest BCUT2D eigenvalue weighted by molar-refractivity contribution is 0.111. The van der Waals surface area contributed by atoms with Crippen molar-refractivity contribution in [2.75, 3.05) is 0 Å². The third-order valence-corrected chi connectivity index (χ3v) is 2.10. The molecule has 76 valence electrons. The predicted molar refractivity (Wildman–Crippen MR) is 47.2 cm³/mol. The van der Waals surface area contributed by atoms with E-state index in [-0.39, 0.29) is 16.7 Å². The minimum atomic E-state index is -2.93. The van der Waals surface area contributed by atoms with Crippen LogP contribution in [-0.2, 0) is 5.33 Å². The van der Waals surface area contributed by atoms with Crippen LogP contribution in [0.1, 0.15) is 28.2 Å². The zero-order chi connectivity index (χ0) is 10.7. The highest BCUT2D eigenvalue weighted by Gasteiger charge is 2.20. The summed E-state index contributed by atoms with van der Waals surface area (Å²) >= 11 is 2.90. The van der Waals surface area contributed by atoms with Gasteiger partial charge >= 0.3 is 0 Å². The number of hydrogen-bond acceptors (Lipinski definition) is 2. The summed E-state index contributed by atoms with van der Waals surface area (Å²) in [6.45, 7) is 0. The molecule has 6 heteroatoms. The van der Waals surface area contributed by atoms with Gasteiger partial charge in [-0.05, 0) is 0 Å². The standard InChI is InChI=1S/C8H5BrF3NO/c9-2-6-7(8(11)12)5(10)1-4(3-14)13-6/h1,3,8H,2H2. The van der Waals surface area contributed by atoms with Crippen LogP contribution in [0.3, 0.4) is 0 Å². The first-order valence-electron chi connectivity index (χ1n) is 3.58. The predicted octanol–water partition coefficient (Wildman–Crippen LogP) is 2.87. The number of rotatable bonds is 3. The Bertz CT molecular complexity index is 357. The van der Waals surface area contributed by atoms with Crippen molar-refractivity contribution in [3.05, 3.63) is 28.8 Å². The Morgan fingerprint density at radius 2 is 2.21 bits per heavy atom. The molecule has 0 bridgehead atoms. The van der Waals surface area contributed by atoms with Crippen LogP contribution >= 0.6 is 15.9 Å². The van der Waals surface area contributed by atoms with Gasteiger partial charge in [0.15, 0.2) is 6.29 Å². The van der Waals surface area contributed by atoms with Crippen molar-refractivity contribution in [2.45, 2.75) is 11.8 Å². The second-order valence-corrected chi connectivity index (χ2v) is 3.00. The molecular weight excluding hydrogens is 263 g/mol. The van der Waals surface area contributed by atoms with Gasteiger partial charge in [0.05, 0.1) is 11.3 Å². The first-order chi connectivity index (χ1) is 6.60. The fraction of sp³-hybridized carbons (Fsp3) is 0.250. The fourth-order valence-corrected chi connectivity index (χ4v) is 1.41. The molecule has 0 aliphatic heterocycles. The average Bonchev–Trinajstić information content (AvgIpc) is 2.15. The molecule has 1 heterocycles. The van der Waals surface area contributed by atoms with E-state index in [9.17, 15) is 18.0 Å². The summed E-state index contributed by atoms with van der Waals surface area (Å²) in [6, 6.07) is 0.695. The summed E-state index contributed by atoms with van der Waals surface area (Å²) in [5.41, 5.74) is -1.10. The Morgan fingerprint density at radius 1 is 1.57 bits per heavy atom. The van der Waals surface area contributed by atoms with E-state index < -0.39 is 17.8 Å². The third-order valence-electron chi connectivity index (χ3n) is 1.57. The summed E-state index contributed by atoms with van der Waals surface area (Å²) < 4.78 is 37.7. The number of halogens is 4. The van der Waals surface area contributed by atoms with E-state index in [2.05, 4.69) is 20.9 Å². The van der Waals surface area contributed by atoms with Gasteiger partial charge in [0.25, 0.3) is 6.43 Å². The monoisotopic (exact) mass is 267 g/mol. The molecule has 0 saturated heterocycles. The van der Waals surface area contributed by atoms with E-state index in [1.807, 2.05) is 0 Å². The molecular formula is C8H5BrF3NO. The van der Waals surface area contributed by atoms with Gasteiger partial charge in [0.1, 0.15) is 11.5 Å². The average molecular weight is 268 g/mol. The molecule has 1 aromatic heterocycles. The topological polar surface area (TPSA) is 30.0 Å². The maximum absolute atomic E-state index is 13.0. The van der Waals surface area contributed by atoms with Gasteiger partial charge in [-0.1, -0.05) is 15.9 Å². The molecule has 2 nitrogen and oxygen atoms in total. The molecule has 0 aliphatic rings. The van der Waals surface area contributed by atoms with E-state index in [1.54, 1.807) is 0 Å². The van der Waals surface area contributed by atoms with Gasteiger partial charge in [-0.2, -0.15) is 0 Å². The van der Waals surface area contributed by atoms with Crippen LogP contribution in [0.4, 0.5) is 13.2 Å². The second-order valence-electron chi connectivity index (χ2n) is 2.44. The van der Waals surface area contributed by atoms with E-state index in [0.717, 1.165) is 0 Å². The molecule has 0 unspecified atom stereocenters. The molecule has 0 atom stereocenters. The maximum atomic E-state index is 13.0. The molecule has 0 fully saturated rings. The van der Waals surface area contributed by atoms with Crippen LogP contribution in [0.2, 0.25) is 0 Å². The van der Waals surface area contributed by atoms with Crippen molar-refractivity contribution >= 4 is 22.2 Å². The van der Waals surface area contributed by atoms with Crippen LogP contribution in [0, 0.1) is 5.82 Å². The molecule has 0 aromatic carbocycles. The SMILES string of the molecule is O=Cc1cc(F)c(C(F)F)c(CBr)n1. The zero-order valence-electron chi connectivity index (χ0n) is 6.81. The first kappa shape index (κ1) is 11.2. The summed E-state index contributed by atoms with van der Waals surface area (Å²) in [5.74, 6) is -1.11. The van der Waals surface area contributed by atoms with Crippen molar-refractivity contribution < 1.29 is 18.0 Å². The lowest BCUT2D eigenvalue weighted by Gasteiger charge is -2.07. The van der Waals surface area contributed by atoms with E-state index in [0.29, 0.717) is 12.4 Å². The van der Waals surface area contributed by atoms with Crippen molar-refractivity contribution in [1.29, 1.82) is 0 Å². The smallest absolute Gasteiger partial charge is 0.268 e. The van der Waals surface area contributed by atoms with E-state index >= 15 is 0 Å². The Morgan fingerprint density at radius 3 is 2.64 bits per heavy atom. The first-order valence-corrected chi connectivity index (χ1v) is 4.71. The lowest BCUT2D eigenvalue weighted by Crippen LogP contribution is -2.03. The molecule has 0 spiro atoms. The maximum Gasteiger partial charge on any atom is 0.268 e. The molecule has 0 aliphatic carbocycles. The molecule has 0 radical (unpaired) electrons. The van der Waals surface area contributed by atoms with Crippen LogP contribution < -0.4 is 0 Å². The summed E-state index contributed by atoms with van der Waals surface area (Å²) in [5, 5.41) is -0.0225. The van der Waals surface area contributed by atoms with E-state index in [4.69, 9.17) is 0 Å². The van der Waals surface area contributed by atoms with Crippen LogP contribution in [0.5, 0.6) is 0 Å². The second kappa shape index (κ2) is 4.54. The van der Waals surface area contributed by atoms with Crippen molar-refractivity contribution in [1.82, 2.24) is 4.98 Å². The Hall–Kier alpha value is -0.910. The number of nitrogens with zero attached hydrogens (tertiary/aromatic N) is 1. The van der Waals surface area contributed by atoms with Crippen molar-refractivity contribution in [3.63, 3.8) is 0 Å². The van der Waals surface area contributed by atoms with Crippen molar-refractivity contribution in [3.8, 4) is 0 Å². The highest BCUT2D eigenvalue weighted by Crippen LogP contribution is 2.26. The van der Waals surface area contributed by atoms with Crippen LogP contribution in [0.25, 0.3) is 0 Å². The van der Waals surface area contributed by atoms with Crippen LogP contribution in [-0.4, -0.2) is 11.3 Å². The molecule has 1 aromatic rings. The molecule has 0 saturated carbocycles. The zero-order valence-corrected chi connectivity index (χ0v) is 8.39. The Balaban J connectivity index is 3.34.